The summed E-state index contributed by atoms with van der Waals surface area (Å²) in [6.45, 7) is 0.710. The minimum absolute atomic E-state index is 0.119. The fourth-order valence-corrected chi connectivity index (χ4v) is 0.905. The number of unbranched alkanes of at least 4 members (excludes halogenated alkanes) is 1. The van der Waals surface area contributed by atoms with Gasteiger partial charge in [-0.1, -0.05) is 0 Å². The lowest BCUT2D eigenvalue weighted by Gasteiger charge is -2.03. The molecule has 16 heavy (non-hydrogen) atoms. The van der Waals surface area contributed by atoms with Crippen LogP contribution < -0.4 is 10.6 Å². The lowest BCUT2D eigenvalue weighted by Crippen LogP contribution is -2.26. The quantitative estimate of drug-likeness (QED) is 0.386. The van der Waals surface area contributed by atoms with Crippen molar-refractivity contribution >= 4 is 20.8 Å². The Bertz CT molecular complexity index is 230. The Kier molecular flexibility index (Phi) is 13.1. The maximum absolute atomic E-state index is 11.1. The zero-order valence-electron chi connectivity index (χ0n) is 10.5. The van der Waals surface area contributed by atoms with E-state index in [9.17, 15) is 9.59 Å². The number of hydrogen-bond donors (Lipinski definition) is 4. The Morgan fingerprint density at radius 2 is 1.94 bits per heavy atom. The fraction of sp³-hybridized carbons (Fsp3) is 0.778. The molecule has 94 valence electrons. The van der Waals surface area contributed by atoms with Gasteiger partial charge in [-0.05, 0) is 21.9 Å². The smallest absolute Gasteiger partial charge is 0.220 e. The second-order valence-corrected chi connectivity index (χ2v) is 2.95. The van der Waals surface area contributed by atoms with Crippen molar-refractivity contribution in [3.05, 3.63) is 0 Å². The molecule has 0 aromatic rings. The van der Waals surface area contributed by atoms with E-state index < -0.39 is 0 Å². The van der Waals surface area contributed by atoms with Gasteiger partial charge in [-0.15, -0.1) is 0 Å². The van der Waals surface area contributed by atoms with E-state index in [1.807, 2.05) is 0 Å². The van der Waals surface area contributed by atoms with Crippen LogP contribution in [0.3, 0.4) is 0 Å². The number of hydrogen-bond acceptors (Lipinski definition) is 4. The number of carbonyl (C=O) groups excluding carboxylic acids is 2. The fourth-order valence-electron chi connectivity index (χ4n) is 0.905. The van der Waals surface area contributed by atoms with Crippen molar-refractivity contribution < 1.29 is 16.1 Å². The van der Waals surface area contributed by atoms with Gasteiger partial charge in [-0.25, -0.2) is 0 Å². The number of rotatable bonds is 7. The Balaban J connectivity index is 0. The number of aliphatic hydroxyl groups is 1. The third kappa shape index (κ3) is 13.0. The summed E-state index contributed by atoms with van der Waals surface area (Å²) < 4.78 is 5.75. The molecule has 4 N–H and O–H groups in total. The first-order valence-electron chi connectivity index (χ1n) is 5.46. The molecule has 6 nitrogen and oxygen atoms in total. The van der Waals surface area contributed by atoms with Gasteiger partial charge >= 0.3 is 0 Å². The summed E-state index contributed by atoms with van der Waals surface area (Å²) in [5, 5.41) is 16.1. The van der Waals surface area contributed by atoms with Gasteiger partial charge in [0.1, 0.15) is 0 Å². The largest absolute Gasteiger partial charge is 0.396 e. The van der Waals surface area contributed by atoms with Crippen molar-refractivity contribution in [1.29, 1.82) is 5.15 Å². The standard InChI is InChI=1S/C9H18N2O3.H2NP/c1-10-8(13)4-5-9(14)11-6-2-3-7-12;1-2/h12H,2-7H2,1H3,(H,10,13)(H,11,14);1-2H/i/hD. The van der Waals surface area contributed by atoms with Gasteiger partial charge in [-0.3, -0.25) is 14.7 Å². The Hall–Kier alpha value is -1.00. The van der Waals surface area contributed by atoms with Crippen LogP contribution in [0.4, 0.5) is 0 Å². The molecule has 0 rings (SSSR count). The molecule has 0 fully saturated rings. The summed E-state index contributed by atoms with van der Waals surface area (Å²) in [5.74, 6) is -0.248. The van der Waals surface area contributed by atoms with E-state index in [1.54, 1.807) is 7.05 Å². The maximum atomic E-state index is 11.1. The van der Waals surface area contributed by atoms with E-state index in [2.05, 4.69) is 24.8 Å². The first-order valence-corrected chi connectivity index (χ1v) is 5.46. The molecule has 0 unspecified atom stereocenters. The molecule has 2 amide bonds. The van der Waals surface area contributed by atoms with E-state index >= 15 is 0 Å². The van der Waals surface area contributed by atoms with Crippen molar-refractivity contribution in [3.63, 3.8) is 0 Å². The van der Waals surface area contributed by atoms with Gasteiger partial charge in [0.05, 0.1) is 0 Å². The lowest BCUT2D eigenvalue weighted by molar-refractivity contribution is -0.126. The van der Waals surface area contributed by atoms with Crippen molar-refractivity contribution in [2.24, 2.45) is 0 Å². The second kappa shape index (κ2) is 14.0. The van der Waals surface area contributed by atoms with Crippen LogP contribution in [0.15, 0.2) is 0 Å². The highest BCUT2D eigenvalue weighted by atomic mass is 31.0. The molecule has 0 heterocycles. The lowest BCUT2D eigenvalue weighted by atomic mass is 10.2. The summed E-state index contributed by atoms with van der Waals surface area (Å²) in [7, 11) is 4.02. The predicted octanol–water partition coefficient (Wildman–Crippen LogP) is 0.293. The van der Waals surface area contributed by atoms with E-state index in [4.69, 9.17) is 6.52 Å². The molecule has 0 radical (unpaired) electrons. The number of nitrogens with one attached hydrogen (secondary N) is 3. The van der Waals surface area contributed by atoms with Crippen LogP contribution in [-0.4, -0.2) is 37.1 Å². The Labute approximate surface area is 99.4 Å². The summed E-state index contributed by atoms with van der Waals surface area (Å²) >= 11 is 0. The third-order valence-electron chi connectivity index (χ3n) is 1.77. The molecule has 0 spiro atoms. The summed E-state index contributed by atoms with van der Waals surface area (Å²) in [4.78, 5) is 21.8. The third-order valence-corrected chi connectivity index (χ3v) is 1.77. The van der Waals surface area contributed by atoms with Crippen LogP contribution in [0, 0.1) is 5.15 Å². The van der Waals surface area contributed by atoms with E-state index in [0.29, 0.717) is 13.0 Å². The number of aliphatic hydroxyl groups excluding tert-OH is 1. The SMILES string of the molecule is CNC(=O)CCC(=O)NCCCCO.[2H]N=P. The van der Waals surface area contributed by atoms with Crippen molar-refractivity contribution in [1.82, 2.24) is 10.6 Å². The Morgan fingerprint density at radius 3 is 2.44 bits per heavy atom. The van der Waals surface area contributed by atoms with Gasteiger partial charge in [0, 0.05) is 33.0 Å². The molecule has 0 aromatic carbocycles. The van der Waals surface area contributed by atoms with Crippen LogP contribution in [0.2, 0.25) is 1.41 Å². The van der Waals surface area contributed by atoms with Crippen LogP contribution in [0.25, 0.3) is 0 Å². The van der Waals surface area contributed by atoms with Crippen molar-refractivity contribution in [3.8, 4) is 0 Å². The highest BCUT2D eigenvalue weighted by Crippen LogP contribution is 1.90. The van der Waals surface area contributed by atoms with Gasteiger partial charge in [0.25, 0.3) is 0 Å². The van der Waals surface area contributed by atoms with Crippen LogP contribution in [-0.2, 0) is 9.59 Å². The molecule has 0 atom stereocenters. The van der Waals surface area contributed by atoms with E-state index in [0.717, 1.165) is 6.42 Å². The van der Waals surface area contributed by atoms with E-state index in [1.165, 1.54) is 0 Å². The zero-order chi connectivity index (χ0) is 13.5. The first kappa shape index (κ1) is 15.0. The molecular formula is C9H20N3O3P. The zero-order valence-corrected chi connectivity index (χ0v) is 10.5. The Morgan fingerprint density at radius 1 is 1.38 bits per heavy atom. The van der Waals surface area contributed by atoms with E-state index in [-0.39, 0.29) is 31.3 Å². The molecule has 0 aliphatic heterocycles. The number of carbonyl (C=O) groups is 2. The summed E-state index contributed by atoms with van der Waals surface area (Å²) in [5.41, 5.74) is 0. The van der Waals surface area contributed by atoms with Gasteiger partial charge < -0.3 is 15.7 Å². The van der Waals surface area contributed by atoms with Gasteiger partial charge in [0.15, 0.2) is 1.41 Å². The minimum Gasteiger partial charge on any atom is -0.396 e. The molecule has 0 aromatic heterocycles. The first-order chi connectivity index (χ1) is 8.12. The monoisotopic (exact) mass is 250 g/mol. The summed E-state index contributed by atoms with van der Waals surface area (Å²) in [6, 6.07) is 0. The van der Waals surface area contributed by atoms with Crippen LogP contribution in [0.1, 0.15) is 25.7 Å². The van der Waals surface area contributed by atoms with Crippen molar-refractivity contribution in [2.75, 3.05) is 20.2 Å². The normalized spacial score (nSPS) is 9.25. The second-order valence-electron chi connectivity index (χ2n) is 2.95. The average molecular weight is 250 g/mol. The average Bonchev–Trinajstić information content (AvgIpc) is 2.32. The summed E-state index contributed by atoms with van der Waals surface area (Å²) in [6.07, 6.45) is 1.90. The molecule has 0 saturated carbocycles. The maximum Gasteiger partial charge on any atom is 0.220 e. The molecule has 0 aliphatic carbocycles. The molecule has 0 saturated heterocycles. The topological polar surface area (TPSA) is 102 Å². The van der Waals surface area contributed by atoms with Gasteiger partial charge in [0.2, 0.25) is 11.8 Å². The highest BCUT2D eigenvalue weighted by Gasteiger charge is 2.03. The predicted molar refractivity (Wildman–Crippen MR) is 63.7 cm³/mol. The van der Waals surface area contributed by atoms with Crippen molar-refractivity contribution in [2.45, 2.75) is 25.7 Å². The minimum atomic E-state index is -0.129. The van der Waals surface area contributed by atoms with Gasteiger partial charge in [-0.2, -0.15) is 0 Å². The molecule has 7 heteroatoms. The highest BCUT2D eigenvalue weighted by molar-refractivity contribution is 7.02. The molecule has 0 aliphatic rings. The van der Waals surface area contributed by atoms with Crippen LogP contribution >= 0.6 is 9.03 Å². The molecule has 0 bridgehead atoms. The molecular weight excluding hydrogens is 229 g/mol. The number of amides is 2. The van der Waals surface area contributed by atoms with Crippen LogP contribution in [0.5, 0.6) is 0 Å².